The van der Waals surface area contributed by atoms with E-state index in [1.165, 1.54) is 7.11 Å². The summed E-state index contributed by atoms with van der Waals surface area (Å²) in [5.41, 5.74) is 1.12. The molecule has 0 saturated carbocycles. The summed E-state index contributed by atoms with van der Waals surface area (Å²) in [5, 5.41) is 2.69. The Kier molecular flexibility index (Phi) is 9.35. The largest absolute Gasteiger partial charge is 0.493 e. The quantitative estimate of drug-likeness (QED) is 0.405. The number of benzene rings is 2. The van der Waals surface area contributed by atoms with E-state index in [0.29, 0.717) is 45.3 Å². The van der Waals surface area contributed by atoms with Gasteiger partial charge in [-0.3, -0.25) is 24.1 Å². The molecule has 0 atom stereocenters. The fraction of sp³-hybridized carbons (Fsp3) is 0.308. The monoisotopic (exact) mass is 621 g/mol. The molecule has 0 aromatic heterocycles. The molecule has 2 fully saturated rings. The number of carbonyl (C=O) groups excluding carboxylic acids is 4. The van der Waals surface area contributed by atoms with Crippen LogP contribution in [-0.4, -0.2) is 66.1 Å². The lowest BCUT2D eigenvalue weighted by Gasteiger charge is -2.27. The van der Waals surface area contributed by atoms with Crippen molar-refractivity contribution in [3.05, 3.63) is 56.4 Å². The fourth-order valence-electron chi connectivity index (χ4n) is 3.97. The Morgan fingerprint density at radius 3 is 2.58 bits per heavy atom. The molecule has 4 rings (SSSR count). The maximum Gasteiger partial charge on any atom is 0.294 e. The predicted octanol–water partition coefficient (Wildman–Crippen LogP) is 5.18. The summed E-state index contributed by atoms with van der Waals surface area (Å²) in [6, 6.07) is 9.96. The number of hydrogen-bond acceptors (Lipinski definition) is 7. The first kappa shape index (κ1) is 28.0. The number of ether oxygens (including phenoxy) is 2. The van der Waals surface area contributed by atoms with Gasteiger partial charge in [-0.15, -0.1) is 0 Å². The van der Waals surface area contributed by atoms with Gasteiger partial charge in [0.05, 0.1) is 17.0 Å². The van der Waals surface area contributed by atoms with Crippen LogP contribution >= 0.6 is 39.3 Å². The number of nitrogens with zero attached hydrogens (tertiary/aromatic N) is 2. The highest BCUT2D eigenvalue weighted by Crippen LogP contribution is 2.35. The molecular formula is C26H25BrClN3O6S. The Bertz CT molecular complexity index is 1300. The highest BCUT2D eigenvalue weighted by Gasteiger charge is 2.37. The Morgan fingerprint density at radius 1 is 1.11 bits per heavy atom. The zero-order chi connectivity index (χ0) is 27.2. The zero-order valence-corrected chi connectivity index (χ0v) is 23.7. The van der Waals surface area contributed by atoms with Crippen LogP contribution in [0.1, 0.15) is 24.8 Å². The van der Waals surface area contributed by atoms with Crippen molar-refractivity contribution in [2.75, 3.05) is 38.7 Å². The van der Waals surface area contributed by atoms with E-state index in [1.54, 1.807) is 47.4 Å². The van der Waals surface area contributed by atoms with Crippen LogP contribution in [0.15, 0.2) is 45.8 Å². The van der Waals surface area contributed by atoms with Gasteiger partial charge in [-0.05, 0) is 88.9 Å². The van der Waals surface area contributed by atoms with E-state index >= 15 is 0 Å². The van der Waals surface area contributed by atoms with E-state index in [-0.39, 0.29) is 29.9 Å². The highest BCUT2D eigenvalue weighted by molar-refractivity contribution is 9.10. The molecule has 2 aliphatic heterocycles. The molecule has 4 amide bonds. The average molecular weight is 623 g/mol. The van der Waals surface area contributed by atoms with Gasteiger partial charge >= 0.3 is 0 Å². The van der Waals surface area contributed by atoms with Crippen LogP contribution in [0.2, 0.25) is 5.02 Å². The van der Waals surface area contributed by atoms with Gasteiger partial charge in [0, 0.05) is 23.2 Å². The summed E-state index contributed by atoms with van der Waals surface area (Å²) >= 11 is 10.1. The van der Waals surface area contributed by atoms with Gasteiger partial charge in [0.1, 0.15) is 6.54 Å². The zero-order valence-electron chi connectivity index (χ0n) is 20.5. The normalized spacial score (nSPS) is 16.7. The van der Waals surface area contributed by atoms with E-state index in [0.717, 1.165) is 35.9 Å². The number of methoxy groups -OCH3 is 1. The molecule has 12 heteroatoms. The number of hydrogen-bond donors (Lipinski definition) is 1. The summed E-state index contributed by atoms with van der Waals surface area (Å²) in [6.45, 7) is 0.776. The van der Waals surface area contributed by atoms with Crippen LogP contribution < -0.4 is 14.8 Å². The first-order valence-corrected chi connectivity index (χ1v) is 13.8. The van der Waals surface area contributed by atoms with Gasteiger partial charge in [-0.1, -0.05) is 17.7 Å². The van der Waals surface area contributed by atoms with Gasteiger partial charge in [-0.25, -0.2) is 0 Å². The van der Waals surface area contributed by atoms with Crippen molar-refractivity contribution in [2.45, 2.75) is 19.3 Å². The number of likely N-dealkylation sites (tertiary alicyclic amines) is 1. The van der Waals surface area contributed by atoms with Crippen molar-refractivity contribution in [3.63, 3.8) is 0 Å². The second kappa shape index (κ2) is 12.7. The van der Waals surface area contributed by atoms with Crippen LogP contribution in [0, 0.1) is 0 Å². The smallest absolute Gasteiger partial charge is 0.294 e. The number of rotatable bonds is 8. The second-order valence-corrected chi connectivity index (χ2v) is 10.8. The molecule has 2 saturated heterocycles. The Labute approximate surface area is 237 Å². The number of piperidine rings is 1. The predicted molar refractivity (Wildman–Crippen MR) is 149 cm³/mol. The molecule has 1 N–H and O–H groups in total. The van der Waals surface area contributed by atoms with E-state index in [9.17, 15) is 19.2 Å². The summed E-state index contributed by atoms with van der Waals surface area (Å²) in [5.74, 6) is -0.438. The minimum atomic E-state index is -0.505. The van der Waals surface area contributed by atoms with Crippen molar-refractivity contribution in [1.29, 1.82) is 0 Å². The first-order valence-electron chi connectivity index (χ1n) is 11.8. The van der Waals surface area contributed by atoms with Gasteiger partial charge in [0.25, 0.3) is 17.1 Å². The van der Waals surface area contributed by atoms with Gasteiger partial charge < -0.3 is 19.7 Å². The minimum absolute atomic E-state index is 0.213. The molecular weight excluding hydrogens is 598 g/mol. The SMILES string of the molecule is COc1cc(/C=C2\SC(=O)N(CC(=O)N3CCCCC3)C2=O)ccc1OCC(=O)Nc1ccc(Br)c(Cl)c1. The third-order valence-corrected chi connectivity index (χ3v) is 8.06. The third kappa shape index (κ3) is 6.89. The van der Waals surface area contributed by atoms with Gasteiger partial charge in [-0.2, -0.15) is 0 Å². The maximum absolute atomic E-state index is 12.9. The lowest BCUT2D eigenvalue weighted by atomic mass is 10.1. The molecule has 0 unspecified atom stereocenters. The second-order valence-electron chi connectivity index (χ2n) is 8.59. The molecule has 38 heavy (non-hydrogen) atoms. The summed E-state index contributed by atoms with van der Waals surface area (Å²) in [4.78, 5) is 53.1. The molecule has 2 aromatic rings. The lowest BCUT2D eigenvalue weighted by Crippen LogP contribution is -2.44. The Morgan fingerprint density at radius 2 is 1.87 bits per heavy atom. The van der Waals surface area contributed by atoms with Crippen LogP contribution in [-0.2, 0) is 14.4 Å². The maximum atomic E-state index is 12.9. The van der Waals surface area contributed by atoms with Crippen LogP contribution in [0.25, 0.3) is 6.08 Å². The Hall–Kier alpha value is -3.02. The van der Waals surface area contributed by atoms with Gasteiger partial charge in [0.2, 0.25) is 5.91 Å². The van der Waals surface area contributed by atoms with E-state index in [1.807, 2.05) is 0 Å². The van der Waals surface area contributed by atoms with E-state index in [4.69, 9.17) is 21.1 Å². The van der Waals surface area contributed by atoms with Crippen LogP contribution in [0.5, 0.6) is 11.5 Å². The number of carbonyl (C=O) groups is 4. The molecule has 200 valence electrons. The molecule has 0 bridgehead atoms. The Balaban J connectivity index is 1.38. The number of imide groups is 1. The van der Waals surface area contributed by atoms with Crippen LogP contribution in [0.4, 0.5) is 10.5 Å². The van der Waals surface area contributed by atoms with Crippen molar-refractivity contribution in [3.8, 4) is 11.5 Å². The molecule has 9 nitrogen and oxygen atoms in total. The van der Waals surface area contributed by atoms with Crippen molar-refractivity contribution in [2.24, 2.45) is 0 Å². The fourth-order valence-corrected chi connectivity index (χ4v) is 5.24. The summed E-state index contributed by atoms with van der Waals surface area (Å²) in [7, 11) is 1.45. The number of amides is 4. The first-order chi connectivity index (χ1) is 18.2. The molecule has 0 radical (unpaired) electrons. The van der Waals surface area contributed by atoms with E-state index in [2.05, 4.69) is 21.2 Å². The number of halogens is 2. The minimum Gasteiger partial charge on any atom is -0.493 e. The number of nitrogens with one attached hydrogen (secondary N) is 1. The van der Waals surface area contributed by atoms with E-state index < -0.39 is 11.1 Å². The standard InChI is InChI=1S/C26H25BrClN3O6S/c1-36-21-11-16(5-8-20(21)37-15-23(32)29-17-6-7-18(27)19(28)13-17)12-22-25(34)31(26(35)38-22)14-24(33)30-9-3-2-4-10-30/h5-8,11-13H,2-4,9-10,14-15H2,1H3,(H,29,32)/b22-12-. The number of thioether (sulfide) groups is 1. The molecule has 2 aromatic carbocycles. The topological polar surface area (TPSA) is 105 Å². The molecule has 2 heterocycles. The highest BCUT2D eigenvalue weighted by atomic mass is 79.9. The van der Waals surface area contributed by atoms with Crippen molar-refractivity contribution >= 4 is 74.0 Å². The van der Waals surface area contributed by atoms with Crippen molar-refractivity contribution < 1.29 is 28.7 Å². The lowest BCUT2D eigenvalue weighted by molar-refractivity contribution is -0.136. The van der Waals surface area contributed by atoms with Crippen LogP contribution in [0.3, 0.4) is 0 Å². The molecule has 2 aliphatic rings. The third-order valence-electron chi connectivity index (χ3n) is 5.92. The number of anilines is 1. The summed E-state index contributed by atoms with van der Waals surface area (Å²) in [6.07, 6.45) is 4.50. The van der Waals surface area contributed by atoms with Crippen molar-refractivity contribution in [1.82, 2.24) is 9.80 Å². The summed E-state index contributed by atoms with van der Waals surface area (Å²) < 4.78 is 11.7. The average Bonchev–Trinajstić information content (AvgIpc) is 3.17. The molecule has 0 aliphatic carbocycles. The van der Waals surface area contributed by atoms with Gasteiger partial charge in [0.15, 0.2) is 18.1 Å². The molecule has 0 spiro atoms.